The molecule has 0 saturated carbocycles. The number of nitrogens with zero attached hydrogens (tertiary/aromatic N) is 5. The number of fused-ring (bicyclic) bond motifs is 6. The van der Waals surface area contributed by atoms with Crippen LogP contribution in [0.15, 0.2) is 53.6 Å². The molecular formula is C31H26ClF6N9O5. The molecule has 14 nitrogen and oxygen atoms in total. The third-order valence-electron chi connectivity index (χ3n) is 7.61. The third kappa shape index (κ3) is 9.30. The van der Waals surface area contributed by atoms with E-state index in [2.05, 4.69) is 41.4 Å². The summed E-state index contributed by atoms with van der Waals surface area (Å²) < 4.78 is 72.0. The van der Waals surface area contributed by atoms with Crippen molar-refractivity contribution in [3.8, 4) is 0 Å². The summed E-state index contributed by atoms with van der Waals surface area (Å²) in [6.45, 7) is 2.65. The van der Waals surface area contributed by atoms with Crippen LogP contribution in [-0.2, 0) is 22.4 Å². The Labute approximate surface area is 294 Å². The molecule has 6 bridgehead atoms. The van der Waals surface area contributed by atoms with Gasteiger partial charge in [0.25, 0.3) is 5.91 Å². The van der Waals surface area contributed by atoms with Crippen molar-refractivity contribution < 1.29 is 50.0 Å². The highest BCUT2D eigenvalue weighted by Crippen LogP contribution is 2.30. The number of nitrogens with one attached hydrogen (secondary N) is 4. The number of pyridine rings is 1. The molecule has 0 unspecified atom stereocenters. The number of hydrogen-bond donors (Lipinski definition) is 4. The summed E-state index contributed by atoms with van der Waals surface area (Å²) in [4.78, 5) is 59.8. The minimum atomic E-state index is -5.77. The van der Waals surface area contributed by atoms with Gasteiger partial charge in [0.2, 0.25) is 5.95 Å². The highest BCUT2D eigenvalue weighted by atomic mass is 35.5. The zero-order chi connectivity index (χ0) is 37.8. The summed E-state index contributed by atoms with van der Waals surface area (Å²) in [7, 11) is 0. The van der Waals surface area contributed by atoms with Crippen LogP contribution < -0.4 is 21.3 Å². The molecule has 4 N–H and O–H groups in total. The maximum absolute atomic E-state index is 13.0. The normalized spacial score (nSPS) is 15.3. The van der Waals surface area contributed by atoms with Crippen molar-refractivity contribution in [2.45, 2.75) is 44.6 Å². The maximum atomic E-state index is 13.0. The first-order valence-corrected chi connectivity index (χ1v) is 15.5. The molecule has 5 heterocycles. The van der Waals surface area contributed by atoms with Crippen LogP contribution in [-0.4, -0.2) is 80.0 Å². The van der Waals surface area contributed by atoms with Crippen LogP contribution >= 0.6 is 11.6 Å². The largest absolute Gasteiger partial charge is 0.458 e. The standard InChI is InChI=1S/C27H26ClN9O3.C4F6O2/c1-15-21(12-31-40-15)25(38)37-7-6-19(14-37)34-27(39)35-23-5-4-18-9-17(23)3-2-16-8-20(11-29-10-16)33-26-30-13-22(28)24(32-18)36-26;5-3(6,7)1(11)2(12)4(8,9)10/h4-5,8-13,19H,2-3,6-7,14H2,1H3,(H2,34,35,39)(H2,30,32,33,36);/t19-;/m0./s1. The number of urea groups is 1. The van der Waals surface area contributed by atoms with Crippen LogP contribution in [0.4, 0.5) is 60.0 Å². The molecule has 3 amide bonds. The van der Waals surface area contributed by atoms with Gasteiger partial charge in [0.15, 0.2) is 5.82 Å². The van der Waals surface area contributed by atoms with Crippen molar-refractivity contribution in [1.82, 2.24) is 30.3 Å². The van der Waals surface area contributed by atoms with E-state index in [0.717, 1.165) is 22.5 Å². The molecule has 52 heavy (non-hydrogen) atoms. The molecule has 1 aromatic carbocycles. The Morgan fingerprint density at radius 3 is 2.35 bits per heavy atom. The number of hydrogen-bond acceptors (Lipinski definition) is 11. The van der Waals surface area contributed by atoms with Crippen LogP contribution in [0.25, 0.3) is 0 Å². The highest BCUT2D eigenvalue weighted by Gasteiger charge is 2.54. The fraction of sp³-hybridized carbons (Fsp3) is 0.290. The second kappa shape index (κ2) is 15.2. The molecule has 0 radical (unpaired) electrons. The number of carbonyl (C=O) groups is 4. The Kier molecular flexibility index (Phi) is 11.0. The molecule has 2 aliphatic heterocycles. The average Bonchev–Trinajstić information content (AvgIpc) is 3.73. The van der Waals surface area contributed by atoms with Gasteiger partial charge in [-0.25, -0.2) is 9.78 Å². The van der Waals surface area contributed by atoms with Crippen LogP contribution in [0.1, 0.15) is 33.7 Å². The van der Waals surface area contributed by atoms with Crippen molar-refractivity contribution >= 4 is 63.9 Å². The second-order valence-corrected chi connectivity index (χ2v) is 11.8. The van der Waals surface area contributed by atoms with Gasteiger partial charge in [0.1, 0.15) is 16.3 Å². The number of carbonyl (C=O) groups excluding carboxylic acids is 4. The van der Waals surface area contributed by atoms with Gasteiger partial charge in [0.05, 0.1) is 24.3 Å². The molecule has 3 aromatic heterocycles. The average molecular weight is 754 g/mol. The summed E-state index contributed by atoms with van der Waals surface area (Å²) in [6.07, 6.45) is -3.07. The summed E-state index contributed by atoms with van der Waals surface area (Å²) >= 11 is 6.36. The highest BCUT2D eigenvalue weighted by molar-refractivity contribution is 6.41. The van der Waals surface area contributed by atoms with E-state index in [4.69, 9.17) is 16.1 Å². The number of Topliss-reactive ketones (excluding diaryl/α,β-unsaturated/α-hetero) is 2. The second-order valence-electron chi connectivity index (χ2n) is 11.4. The van der Waals surface area contributed by atoms with Gasteiger partial charge in [-0.2, -0.15) is 31.3 Å². The number of rotatable bonds is 4. The number of alkyl halides is 6. The first-order valence-electron chi connectivity index (χ1n) is 15.1. The Bertz CT molecular complexity index is 1980. The van der Waals surface area contributed by atoms with E-state index in [1.54, 1.807) is 18.0 Å². The van der Waals surface area contributed by atoms with Gasteiger partial charge < -0.3 is 30.7 Å². The SMILES string of the molecule is Cc1oncc1C(=O)N1CC[C@H](NC(=O)Nc2ccc3cc2CCc2cncc(c2)Nc2ncc(Cl)c(n2)N3)C1.O=C(C(=O)C(F)(F)F)C(F)(F)F. The fourth-order valence-corrected chi connectivity index (χ4v) is 5.23. The van der Waals surface area contributed by atoms with E-state index < -0.39 is 23.9 Å². The van der Waals surface area contributed by atoms with Crippen molar-refractivity contribution in [3.63, 3.8) is 0 Å². The number of anilines is 5. The smallest absolute Gasteiger partial charge is 0.361 e. The van der Waals surface area contributed by atoms with Gasteiger partial charge in [-0.3, -0.25) is 19.4 Å². The van der Waals surface area contributed by atoms with Crippen LogP contribution in [0.5, 0.6) is 0 Å². The van der Waals surface area contributed by atoms with Crippen molar-refractivity contribution in [2.24, 2.45) is 0 Å². The lowest BCUT2D eigenvalue weighted by Crippen LogP contribution is -2.40. The number of halogens is 7. The summed E-state index contributed by atoms with van der Waals surface area (Å²) in [5.41, 5.74) is 4.60. The molecule has 1 saturated heterocycles. The van der Waals surface area contributed by atoms with E-state index in [0.29, 0.717) is 66.2 Å². The van der Waals surface area contributed by atoms with Gasteiger partial charge >= 0.3 is 30.0 Å². The summed E-state index contributed by atoms with van der Waals surface area (Å²) in [6, 6.07) is 7.14. The zero-order valence-electron chi connectivity index (χ0n) is 26.7. The topological polar surface area (TPSA) is 184 Å². The van der Waals surface area contributed by atoms with E-state index >= 15 is 0 Å². The van der Waals surface area contributed by atoms with Crippen LogP contribution in [0.2, 0.25) is 5.02 Å². The predicted octanol–water partition coefficient (Wildman–Crippen LogP) is 5.69. The number of amides is 3. The number of aromatic nitrogens is 4. The lowest BCUT2D eigenvalue weighted by atomic mass is 10.0. The Morgan fingerprint density at radius 1 is 0.942 bits per heavy atom. The number of likely N-dealkylation sites (tertiary alicyclic amines) is 1. The minimum Gasteiger partial charge on any atom is -0.361 e. The molecule has 4 aromatic rings. The first kappa shape index (κ1) is 37.5. The molecule has 274 valence electrons. The molecule has 2 aliphatic rings. The Morgan fingerprint density at radius 2 is 1.67 bits per heavy atom. The van der Waals surface area contributed by atoms with Gasteiger partial charge in [0, 0.05) is 36.7 Å². The van der Waals surface area contributed by atoms with Gasteiger partial charge in [-0.1, -0.05) is 16.8 Å². The van der Waals surface area contributed by atoms with Gasteiger partial charge in [-0.15, -0.1) is 0 Å². The molecule has 0 spiro atoms. The third-order valence-corrected chi connectivity index (χ3v) is 7.88. The lowest BCUT2D eigenvalue weighted by Gasteiger charge is -2.18. The molecule has 21 heteroatoms. The molecule has 1 atom stereocenters. The fourth-order valence-electron chi connectivity index (χ4n) is 5.09. The zero-order valence-corrected chi connectivity index (χ0v) is 27.4. The molecular weight excluding hydrogens is 728 g/mol. The van der Waals surface area contributed by atoms with E-state index in [1.807, 2.05) is 30.5 Å². The van der Waals surface area contributed by atoms with Crippen molar-refractivity contribution in [2.75, 3.05) is 29.0 Å². The van der Waals surface area contributed by atoms with Crippen molar-refractivity contribution in [3.05, 3.63) is 76.5 Å². The van der Waals surface area contributed by atoms with E-state index in [1.165, 1.54) is 12.4 Å². The van der Waals surface area contributed by atoms with E-state index in [-0.39, 0.29) is 18.0 Å². The summed E-state index contributed by atoms with van der Waals surface area (Å²) in [5.74, 6) is -5.64. The van der Waals surface area contributed by atoms with E-state index in [9.17, 15) is 45.5 Å². The Balaban J connectivity index is 0.000000376. The number of ketones is 2. The monoisotopic (exact) mass is 753 g/mol. The molecule has 0 aliphatic carbocycles. The first-order chi connectivity index (χ1) is 24.5. The maximum Gasteiger partial charge on any atom is 0.458 e. The minimum absolute atomic E-state index is 0.150. The van der Waals surface area contributed by atoms with Crippen LogP contribution in [0.3, 0.4) is 0 Å². The molecule has 6 rings (SSSR count). The van der Waals surface area contributed by atoms with Crippen LogP contribution in [0, 0.1) is 6.92 Å². The van der Waals surface area contributed by atoms with Crippen molar-refractivity contribution in [1.29, 1.82) is 0 Å². The quantitative estimate of drug-likeness (QED) is 0.148. The Hall–Kier alpha value is -5.79. The summed E-state index contributed by atoms with van der Waals surface area (Å²) in [5, 5.41) is 16.5. The number of benzene rings is 1. The predicted molar refractivity (Wildman–Crippen MR) is 172 cm³/mol. The van der Waals surface area contributed by atoms with Gasteiger partial charge in [-0.05, 0) is 61.6 Å². The lowest BCUT2D eigenvalue weighted by molar-refractivity contribution is -0.193. The molecule has 1 fully saturated rings. The number of aryl methyl sites for hydroxylation is 3.